The van der Waals surface area contributed by atoms with Crippen LogP contribution >= 0.6 is 0 Å². The van der Waals surface area contributed by atoms with E-state index in [2.05, 4.69) is 26.1 Å². The van der Waals surface area contributed by atoms with E-state index in [4.69, 9.17) is 0 Å². The lowest BCUT2D eigenvalue weighted by atomic mass is 10.0. The van der Waals surface area contributed by atoms with Crippen molar-refractivity contribution in [2.24, 2.45) is 5.92 Å². The molecule has 0 spiro atoms. The summed E-state index contributed by atoms with van der Waals surface area (Å²) in [6.07, 6.45) is 4.13. The van der Waals surface area contributed by atoms with Crippen LogP contribution < -0.4 is 5.32 Å². The first-order chi connectivity index (χ1) is 6.15. The van der Waals surface area contributed by atoms with E-state index in [0.717, 1.165) is 25.7 Å². The largest absolute Gasteiger partial charge is 0.353 e. The summed E-state index contributed by atoms with van der Waals surface area (Å²) >= 11 is 0. The van der Waals surface area contributed by atoms with Crippen LogP contribution in [0.15, 0.2) is 0 Å². The van der Waals surface area contributed by atoms with Gasteiger partial charge in [0.1, 0.15) is 0 Å². The second kappa shape index (κ2) is 6.93. The van der Waals surface area contributed by atoms with Crippen molar-refractivity contribution in [3.63, 3.8) is 0 Å². The van der Waals surface area contributed by atoms with Crippen LogP contribution in [0.5, 0.6) is 0 Å². The molecular weight excluding hydrogens is 162 g/mol. The molecule has 0 aliphatic heterocycles. The van der Waals surface area contributed by atoms with Crippen LogP contribution in [-0.2, 0) is 4.79 Å². The van der Waals surface area contributed by atoms with E-state index in [1.165, 1.54) is 0 Å². The monoisotopic (exact) mass is 185 g/mol. The minimum absolute atomic E-state index is 0.172. The normalized spacial score (nSPS) is 13.0. The number of amides is 1. The number of hydrogen-bond acceptors (Lipinski definition) is 1. The van der Waals surface area contributed by atoms with Crippen molar-refractivity contribution in [3.8, 4) is 0 Å². The summed E-state index contributed by atoms with van der Waals surface area (Å²) in [5, 5.41) is 3.06. The molecule has 0 aliphatic rings. The van der Waals surface area contributed by atoms with Crippen LogP contribution in [0, 0.1) is 5.92 Å². The standard InChI is InChI=1S/C11H23NO/c1-5-8-9(4)11(13)12-10(6-2)7-3/h9-10H,5-8H2,1-4H3,(H,12,13). The number of carbonyl (C=O) groups excluding carboxylic acids is 1. The highest BCUT2D eigenvalue weighted by atomic mass is 16.1. The highest BCUT2D eigenvalue weighted by molar-refractivity contribution is 5.78. The van der Waals surface area contributed by atoms with Gasteiger partial charge < -0.3 is 5.32 Å². The summed E-state index contributed by atoms with van der Waals surface area (Å²) in [5.74, 6) is 0.390. The molecule has 0 aromatic rings. The molecule has 0 saturated carbocycles. The Morgan fingerprint density at radius 2 is 1.77 bits per heavy atom. The van der Waals surface area contributed by atoms with Crippen LogP contribution in [0.2, 0.25) is 0 Å². The molecule has 0 radical (unpaired) electrons. The molecule has 2 heteroatoms. The van der Waals surface area contributed by atoms with Crippen molar-refractivity contribution in [3.05, 3.63) is 0 Å². The zero-order valence-electron chi connectivity index (χ0n) is 9.39. The average molecular weight is 185 g/mol. The lowest BCUT2D eigenvalue weighted by Crippen LogP contribution is -2.37. The Morgan fingerprint density at radius 1 is 1.23 bits per heavy atom. The van der Waals surface area contributed by atoms with E-state index in [0.29, 0.717) is 6.04 Å². The molecule has 0 bridgehead atoms. The van der Waals surface area contributed by atoms with Crippen molar-refractivity contribution in [1.82, 2.24) is 5.32 Å². The topological polar surface area (TPSA) is 29.1 Å². The molecule has 1 unspecified atom stereocenters. The maximum atomic E-state index is 11.6. The van der Waals surface area contributed by atoms with Gasteiger partial charge in [0.2, 0.25) is 5.91 Å². The van der Waals surface area contributed by atoms with Crippen LogP contribution in [0.25, 0.3) is 0 Å². The number of nitrogens with one attached hydrogen (secondary N) is 1. The highest BCUT2D eigenvalue weighted by Gasteiger charge is 2.14. The van der Waals surface area contributed by atoms with Gasteiger partial charge in [-0.3, -0.25) is 4.79 Å². The third kappa shape index (κ3) is 4.91. The van der Waals surface area contributed by atoms with Gasteiger partial charge in [0.05, 0.1) is 0 Å². The predicted octanol–water partition coefficient (Wildman–Crippen LogP) is 2.73. The number of carbonyl (C=O) groups is 1. The Bertz CT molecular complexity index is 141. The zero-order chi connectivity index (χ0) is 10.3. The van der Waals surface area contributed by atoms with Crippen molar-refractivity contribution in [2.75, 3.05) is 0 Å². The maximum absolute atomic E-state index is 11.6. The van der Waals surface area contributed by atoms with Crippen LogP contribution in [0.1, 0.15) is 53.4 Å². The molecule has 1 atom stereocenters. The van der Waals surface area contributed by atoms with E-state index < -0.39 is 0 Å². The first-order valence-electron chi connectivity index (χ1n) is 5.45. The highest BCUT2D eigenvalue weighted by Crippen LogP contribution is 2.06. The molecule has 0 rings (SSSR count). The molecule has 0 saturated heterocycles. The summed E-state index contributed by atoms with van der Waals surface area (Å²) in [6.45, 7) is 8.33. The fourth-order valence-electron chi connectivity index (χ4n) is 1.40. The second-order valence-corrected chi connectivity index (χ2v) is 3.71. The molecule has 13 heavy (non-hydrogen) atoms. The smallest absolute Gasteiger partial charge is 0.223 e. The van der Waals surface area contributed by atoms with Gasteiger partial charge in [-0.15, -0.1) is 0 Å². The van der Waals surface area contributed by atoms with Crippen molar-refractivity contribution in [2.45, 2.75) is 59.4 Å². The van der Waals surface area contributed by atoms with Gasteiger partial charge in [0.15, 0.2) is 0 Å². The van der Waals surface area contributed by atoms with Gasteiger partial charge in [-0.25, -0.2) is 0 Å². The second-order valence-electron chi connectivity index (χ2n) is 3.71. The van der Waals surface area contributed by atoms with E-state index in [-0.39, 0.29) is 11.8 Å². The summed E-state index contributed by atoms with van der Waals surface area (Å²) in [7, 11) is 0. The Kier molecular flexibility index (Phi) is 6.65. The summed E-state index contributed by atoms with van der Waals surface area (Å²) in [4.78, 5) is 11.6. The first-order valence-corrected chi connectivity index (χ1v) is 5.45. The third-order valence-electron chi connectivity index (χ3n) is 2.50. The Balaban J connectivity index is 3.83. The molecule has 78 valence electrons. The molecule has 0 fully saturated rings. The molecule has 0 aromatic heterocycles. The van der Waals surface area contributed by atoms with Crippen molar-refractivity contribution >= 4 is 5.91 Å². The van der Waals surface area contributed by atoms with Crippen molar-refractivity contribution < 1.29 is 4.79 Å². The van der Waals surface area contributed by atoms with Gasteiger partial charge in [-0.2, -0.15) is 0 Å². The van der Waals surface area contributed by atoms with E-state index in [1.807, 2.05) is 6.92 Å². The van der Waals surface area contributed by atoms with Gasteiger partial charge in [-0.1, -0.05) is 34.1 Å². The average Bonchev–Trinajstić information content (AvgIpc) is 2.14. The van der Waals surface area contributed by atoms with Gasteiger partial charge >= 0.3 is 0 Å². The van der Waals surface area contributed by atoms with Crippen LogP contribution in [0.4, 0.5) is 0 Å². The summed E-state index contributed by atoms with van der Waals surface area (Å²) < 4.78 is 0. The van der Waals surface area contributed by atoms with E-state index >= 15 is 0 Å². The molecule has 0 aromatic carbocycles. The summed E-state index contributed by atoms with van der Waals surface area (Å²) in [6, 6.07) is 0.367. The fraction of sp³-hybridized carbons (Fsp3) is 0.909. The van der Waals surface area contributed by atoms with Crippen LogP contribution in [0.3, 0.4) is 0 Å². The quantitative estimate of drug-likeness (QED) is 0.677. The Hall–Kier alpha value is -0.530. The maximum Gasteiger partial charge on any atom is 0.223 e. The Morgan fingerprint density at radius 3 is 2.15 bits per heavy atom. The molecule has 1 N–H and O–H groups in total. The van der Waals surface area contributed by atoms with Crippen LogP contribution in [-0.4, -0.2) is 11.9 Å². The molecule has 0 aliphatic carbocycles. The molecule has 0 heterocycles. The fourth-order valence-corrected chi connectivity index (χ4v) is 1.40. The SMILES string of the molecule is CCCC(C)C(=O)NC(CC)CC. The summed E-state index contributed by atoms with van der Waals surface area (Å²) in [5.41, 5.74) is 0. The zero-order valence-corrected chi connectivity index (χ0v) is 9.39. The van der Waals surface area contributed by atoms with Gasteiger partial charge in [0.25, 0.3) is 0 Å². The Labute approximate surface area is 82.1 Å². The molecule has 1 amide bonds. The van der Waals surface area contributed by atoms with E-state index in [1.54, 1.807) is 0 Å². The van der Waals surface area contributed by atoms with Gasteiger partial charge in [-0.05, 0) is 19.3 Å². The van der Waals surface area contributed by atoms with E-state index in [9.17, 15) is 4.79 Å². The first kappa shape index (κ1) is 12.5. The predicted molar refractivity (Wildman–Crippen MR) is 56.6 cm³/mol. The lowest BCUT2D eigenvalue weighted by Gasteiger charge is -2.17. The third-order valence-corrected chi connectivity index (χ3v) is 2.50. The van der Waals surface area contributed by atoms with Crippen molar-refractivity contribution in [1.29, 1.82) is 0 Å². The number of hydrogen-bond donors (Lipinski definition) is 1. The lowest BCUT2D eigenvalue weighted by molar-refractivity contribution is -0.125. The molecular formula is C11H23NO. The molecule has 2 nitrogen and oxygen atoms in total. The number of rotatable bonds is 6. The van der Waals surface area contributed by atoms with Gasteiger partial charge in [0, 0.05) is 12.0 Å². The minimum atomic E-state index is 0.172. The minimum Gasteiger partial charge on any atom is -0.353 e.